The van der Waals surface area contributed by atoms with Crippen LogP contribution in [0.15, 0.2) is 34.9 Å². The summed E-state index contributed by atoms with van der Waals surface area (Å²) in [5, 5.41) is 8.53. The van der Waals surface area contributed by atoms with Gasteiger partial charge in [0.15, 0.2) is 5.11 Å². The molecule has 0 amide bonds. The van der Waals surface area contributed by atoms with Gasteiger partial charge in [0.2, 0.25) is 0 Å². The van der Waals surface area contributed by atoms with Crippen molar-refractivity contribution in [2.75, 3.05) is 11.9 Å². The molecule has 1 fully saturated rings. The van der Waals surface area contributed by atoms with Crippen LogP contribution in [0.5, 0.6) is 0 Å². The third kappa shape index (κ3) is 4.94. The molecule has 1 aromatic carbocycles. The lowest BCUT2D eigenvalue weighted by atomic mass is 9.69. The van der Waals surface area contributed by atoms with Crippen LogP contribution in [0.25, 0.3) is 0 Å². The van der Waals surface area contributed by atoms with Gasteiger partial charge in [-0.1, -0.05) is 54.6 Å². The van der Waals surface area contributed by atoms with Crippen LogP contribution in [-0.2, 0) is 5.41 Å². The minimum atomic E-state index is 0.0785. The molecule has 0 saturated heterocycles. The second-order valence-corrected chi connectivity index (χ2v) is 9.09. The second-order valence-electron chi connectivity index (χ2n) is 7.05. The van der Waals surface area contributed by atoms with Crippen molar-refractivity contribution in [3.05, 3.63) is 56.1 Å². The largest absolute Gasteiger partial charge is 0.362 e. The molecule has 0 bridgehead atoms. The van der Waals surface area contributed by atoms with Crippen LogP contribution in [0.1, 0.15) is 43.2 Å². The van der Waals surface area contributed by atoms with E-state index in [2.05, 4.69) is 43.7 Å². The van der Waals surface area contributed by atoms with Gasteiger partial charge in [0.05, 0.1) is 9.50 Å². The van der Waals surface area contributed by atoms with Crippen molar-refractivity contribution in [3.63, 3.8) is 0 Å². The number of aromatic nitrogens is 1. The molecule has 144 valence electrons. The average Bonchev–Trinajstić information content (AvgIpc) is 2.68. The van der Waals surface area contributed by atoms with Gasteiger partial charge in [-0.3, -0.25) is 0 Å². The van der Waals surface area contributed by atoms with Crippen molar-refractivity contribution in [1.82, 2.24) is 10.3 Å². The van der Waals surface area contributed by atoms with E-state index in [0.29, 0.717) is 16.0 Å². The van der Waals surface area contributed by atoms with Crippen LogP contribution < -0.4 is 10.6 Å². The normalized spacial score (nSPS) is 16.0. The van der Waals surface area contributed by atoms with E-state index in [-0.39, 0.29) is 5.41 Å². The fraction of sp³-hybridized carbons (Fsp3) is 0.400. The molecule has 0 unspecified atom stereocenters. The molecule has 1 heterocycles. The number of rotatable bonds is 4. The highest BCUT2D eigenvalue weighted by atomic mass is 79.9. The van der Waals surface area contributed by atoms with E-state index in [1.165, 1.54) is 24.8 Å². The zero-order valence-electron chi connectivity index (χ0n) is 15.1. The fourth-order valence-corrected chi connectivity index (χ4v) is 4.61. The van der Waals surface area contributed by atoms with Crippen molar-refractivity contribution in [2.24, 2.45) is 0 Å². The first-order valence-electron chi connectivity index (χ1n) is 9.03. The maximum atomic E-state index is 6.10. The number of nitrogens with zero attached hydrogens (tertiary/aromatic N) is 1. The zero-order chi connectivity index (χ0) is 19.4. The van der Waals surface area contributed by atoms with Crippen LogP contribution in [-0.4, -0.2) is 16.6 Å². The molecule has 0 spiro atoms. The summed E-state index contributed by atoms with van der Waals surface area (Å²) in [4.78, 5) is 4.33. The number of anilines is 1. The number of hydrogen-bond donors (Lipinski definition) is 2. The Morgan fingerprint density at radius 3 is 2.52 bits per heavy atom. The van der Waals surface area contributed by atoms with Gasteiger partial charge in [0, 0.05) is 23.2 Å². The molecule has 7 heteroatoms. The van der Waals surface area contributed by atoms with E-state index in [1.807, 2.05) is 19.1 Å². The summed E-state index contributed by atoms with van der Waals surface area (Å²) in [6.07, 6.45) is 7.67. The third-order valence-electron chi connectivity index (χ3n) is 5.29. The minimum Gasteiger partial charge on any atom is -0.362 e. The van der Waals surface area contributed by atoms with Gasteiger partial charge in [-0.2, -0.15) is 0 Å². The van der Waals surface area contributed by atoms with Gasteiger partial charge < -0.3 is 10.6 Å². The molecule has 1 saturated carbocycles. The van der Waals surface area contributed by atoms with Gasteiger partial charge in [-0.05, 0) is 71.2 Å². The summed E-state index contributed by atoms with van der Waals surface area (Å²) in [7, 11) is 0. The molecular weight excluding hydrogens is 465 g/mol. The summed E-state index contributed by atoms with van der Waals surface area (Å²) < 4.78 is 0.823. The van der Waals surface area contributed by atoms with E-state index in [4.69, 9.17) is 35.4 Å². The Balaban J connectivity index is 1.71. The highest BCUT2D eigenvalue weighted by molar-refractivity contribution is 9.10. The molecule has 1 aliphatic carbocycles. The molecular formula is C20H22BrCl2N3S. The van der Waals surface area contributed by atoms with E-state index in [1.54, 1.807) is 6.20 Å². The Morgan fingerprint density at radius 2 is 1.85 bits per heavy atom. The summed E-state index contributed by atoms with van der Waals surface area (Å²) in [5.41, 5.74) is 2.33. The van der Waals surface area contributed by atoms with Crippen molar-refractivity contribution < 1.29 is 0 Å². The zero-order valence-corrected chi connectivity index (χ0v) is 19.0. The van der Waals surface area contributed by atoms with E-state index < -0.39 is 0 Å². The predicted octanol–water partition coefficient (Wildman–Crippen LogP) is 6.65. The smallest absolute Gasteiger partial charge is 0.172 e. The molecule has 3 rings (SSSR count). The fourth-order valence-electron chi connectivity index (χ4n) is 3.65. The molecule has 0 atom stereocenters. The van der Waals surface area contributed by atoms with Crippen LogP contribution >= 0.6 is 51.3 Å². The van der Waals surface area contributed by atoms with Crippen LogP contribution in [0, 0.1) is 6.92 Å². The van der Waals surface area contributed by atoms with Gasteiger partial charge in [0.25, 0.3) is 0 Å². The van der Waals surface area contributed by atoms with Gasteiger partial charge >= 0.3 is 0 Å². The first kappa shape index (κ1) is 20.8. The third-order valence-corrected chi connectivity index (χ3v) is 7.14. The lowest BCUT2D eigenvalue weighted by Gasteiger charge is -2.38. The van der Waals surface area contributed by atoms with Crippen LogP contribution in [0.3, 0.4) is 0 Å². The lowest BCUT2D eigenvalue weighted by Crippen LogP contribution is -2.43. The van der Waals surface area contributed by atoms with Crippen molar-refractivity contribution in [3.8, 4) is 0 Å². The standard InChI is InChI=1S/C20H22BrCl2N3S/c1-13-16(23)11-24-18(17(13)21)26-19(27)25-12-20(9-3-2-4-10-20)14-5-7-15(22)8-6-14/h5-8,11H,2-4,9-10,12H2,1H3,(H2,24,25,26,27). The number of nitrogens with one attached hydrogen (secondary N) is 2. The number of pyridine rings is 1. The van der Waals surface area contributed by atoms with Crippen molar-refractivity contribution in [2.45, 2.75) is 44.4 Å². The maximum absolute atomic E-state index is 6.10. The highest BCUT2D eigenvalue weighted by Gasteiger charge is 2.34. The number of benzene rings is 1. The van der Waals surface area contributed by atoms with Crippen molar-refractivity contribution in [1.29, 1.82) is 0 Å². The first-order valence-corrected chi connectivity index (χ1v) is 11.0. The summed E-state index contributed by atoms with van der Waals surface area (Å²) in [6, 6.07) is 8.24. The van der Waals surface area contributed by atoms with E-state index in [0.717, 1.165) is 34.4 Å². The number of halogens is 3. The Bertz CT molecular complexity index is 821. The average molecular weight is 487 g/mol. The summed E-state index contributed by atoms with van der Waals surface area (Å²) in [5.74, 6) is 0.665. The SMILES string of the molecule is Cc1c(Cl)cnc(NC(=S)NCC2(c3ccc(Cl)cc3)CCCCC2)c1Br. The minimum absolute atomic E-state index is 0.0785. The highest BCUT2D eigenvalue weighted by Crippen LogP contribution is 2.39. The topological polar surface area (TPSA) is 37.0 Å². The van der Waals surface area contributed by atoms with E-state index >= 15 is 0 Å². The van der Waals surface area contributed by atoms with Crippen LogP contribution in [0.4, 0.5) is 5.82 Å². The molecule has 0 radical (unpaired) electrons. The second kappa shape index (κ2) is 9.08. The Morgan fingerprint density at radius 1 is 1.19 bits per heavy atom. The molecule has 1 aliphatic rings. The Hall–Kier alpha value is -0.880. The first-order chi connectivity index (χ1) is 12.9. The van der Waals surface area contributed by atoms with Gasteiger partial charge in [-0.25, -0.2) is 4.98 Å². The molecule has 0 aliphatic heterocycles. The van der Waals surface area contributed by atoms with Gasteiger partial charge in [0.1, 0.15) is 5.82 Å². The Kier molecular flexibility index (Phi) is 7.01. The number of thiocarbonyl (C=S) groups is 1. The molecule has 2 aromatic rings. The summed E-state index contributed by atoms with van der Waals surface area (Å²) in [6.45, 7) is 2.72. The van der Waals surface area contributed by atoms with Crippen molar-refractivity contribution >= 4 is 62.3 Å². The van der Waals surface area contributed by atoms with Gasteiger partial charge in [-0.15, -0.1) is 0 Å². The lowest BCUT2D eigenvalue weighted by molar-refractivity contribution is 0.292. The molecule has 1 aromatic heterocycles. The van der Waals surface area contributed by atoms with E-state index in [9.17, 15) is 0 Å². The van der Waals surface area contributed by atoms with Crippen LogP contribution in [0.2, 0.25) is 10.0 Å². The predicted molar refractivity (Wildman–Crippen MR) is 122 cm³/mol. The summed E-state index contributed by atoms with van der Waals surface area (Å²) >= 11 is 21.2. The quantitative estimate of drug-likeness (QED) is 0.474. The molecule has 3 nitrogen and oxygen atoms in total. The monoisotopic (exact) mass is 485 g/mol. The molecule has 27 heavy (non-hydrogen) atoms. The number of hydrogen-bond acceptors (Lipinski definition) is 2. The molecule has 2 N–H and O–H groups in total. The maximum Gasteiger partial charge on any atom is 0.172 e. The Labute approximate surface area is 184 Å².